The maximum atomic E-state index is 11.1. The fourth-order valence-electron chi connectivity index (χ4n) is 1.80. The van der Waals surface area contributed by atoms with Gasteiger partial charge in [0.25, 0.3) is 0 Å². The Morgan fingerprint density at radius 2 is 1.90 bits per heavy atom. The van der Waals surface area contributed by atoms with Crippen LogP contribution in [0.5, 0.6) is 0 Å². The van der Waals surface area contributed by atoms with Gasteiger partial charge in [0.05, 0.1) is 11.9 Å². The number of hydrogen-bond acceptors (Lipinski definition) is 5. The number of anilines is 2. The van der Waals surface area contributed by atoms with Gasteiger partial charge < -0.3 is 5.32 Å². The standard InChI is InChI=1S/C13H15N3O2S2.ClH/c1-20(17,18)16-11-4-2-9(3-5-11)12-8-19-13(15-12)14-10-6-7-10;/h2-5,8,10,16H,6-7H2,1H3,(H,14,15);1H. The summed E-state index contributed by atoms with van der Waals surface area (Å²) in [5.74, 6) is 0. The first-order valence-electron chi connectivity index (χ1n) is 6.30. The average Bonchev–Trinajstić information content (AvgIpc) is 3.05. The van der Waals surface area contributed by atoms with E-state index in [0.29, 0.717) is 11.7 Å². The lowest BCUT2D eigenvalue weighted by Crippen LogP contribution is -2.09. The highest BCUT2D eigenvalue weighted by Crippen LogP contribution is 2.30. The summed E-state index contributed by atoms with van der Waals surface area (Å²) >= 11 is 1.59. The molecule has 0 atom stereocenters. The van der Waals surface area contributed by atoms with E-state index in [1.807, 2.05) is 17.5 Å². The predicted octanol–water partition coefficient (Wildman–Crippen LogP) is 3.18. The zero-order valence-electron chi connectivity index (χ0n) is 11.4. The molecule has 1 fully saturated rings. The molecule has 0 bridgehead atoms. The molecule has 2 aromatic rings. The second kappa shape index (κ2) is 6.21. The molecule has 2 N–H and O–H groups in total. The van der Waals surface area contributed by atoms with E-state index in [1.54, 1.807) is 23.5 Å². The lowest BCUT2D eigenvalue weighted by atomic mass is 10.1. The van der Waals surface area contributed by atoms with E-state index in [9.17, 15) is 8.42 Å². The summed E-state index contributed by atoms with van der Waals surface area (Å²) in [5, 5.41) is 6.31. The van der Waals surface area contributed by atoms with Gasteiger partial charge in [-0.2, -0.15) is 0 Å². The second-order valence-corrected chi connectivity index (χ2v) is 7.51. The van der Waals surface area contributed by atoms with Gasteiger partial charge in [-0.15, -0.1) is 23.7 Å². The van der Waals surface area contributed by atoms with Crippen LogP contribution in [0.3, 0.4) is 0 Å². The third kappa shape index (κ3) is 4.59. The second-order valence-electron chi connectivity index (χ2n) is 4.91. The molecule has 1 aromatic carbocycles. The van der Waals surface area contributed by atoms with Crippen molar-refractivity contribution in [3.05, 3.63) is 29.6 Å². The lowest BCUT2D eigenvalue weighted by Gasteiger charge is -2.04. The Balaban J connectivity index is 0.00000161. The normalized spacial score (nSPS) is 14.3. The van der Waals surface area contributed by atoms with Crippen LogP contribution in [-0.2, 0) is 10.0 Å². The van der Waals surface area contributed by atoms with Crippen molar-refractivity contribution in [2.45, 2.75) is 18.9 Å². The molecule has 0 radical (unpaired) electrons. The van der Waals surface area contributed by atoms with Crippen molar-refractivity contribution in [1.82, 2.24) is 4.98 Å². The van der Waals surface area contributed by atoms with Crippen molar-refractivity contribution in [3.8, 4) is 11.3 Å². The molecule has 0 saturated heterocycles. The molecular formula is C13H16ClN3O2S2. The summed E-state index contributed by atoms with van der Waals surface area (Å²) in [6.45, 7) is 0. The van der Waals surface area contributed by atoms with Gasteiger partial charge in [0.2, 0.25) is 10.0 Å². The molecule has 1 heterocycles. The van der Waals surface area contributed by atoms with Gasteiger partial charge in [0.15, 0.2) is 5.13 Å². The number of thiazole rings is 1. The minimum atomic E-state index is -3.23. The van der Waals surface area contributed by atoms with Crippen LogP contribution in [0.15, 0.2) is 29.6 Å². The summed E-state index contributed by atoms with van der Waals surface area (Å²) in [7, 11) is -3.23. The molecule has 5 nitrogen and oxygen atoms in total. The number of hydrogen-bond donors (Lipinski definition) is 2. The Hall–Kier alpha value is -1.31. The Morgan fingerprint density at radius 1 is 1.24 bits per heavy atom. The summed E-state index contributed by atoms with van der Waals surface area (Å²) in [6.07, 6.45) is 3.58. The monoisotopic (exact) mass is 345 g/mol. The van der Waals surface area contributed by atoms with Crippen LogP contribution in [0.2, 0.25) is 0 Å². The third-order valence-electron chi connectivity index (χ3n) is 2.89. The number of halogens is 1. The Kier molecular flexibility index (Phi) is 4.75. The van der Waals surface area contributed by atoms with Gasteiger partial charge in [-0.25, -0.2) is 13.4 Å². The first-order chi connectivity index (χ1) is 9.49. The Bertz CT molecular complexity index is 709. The van der Waals surface area contributed by atoms with Crippen molar-refractivity contribution in [3.63, 3.8) is 0 Å². The molecule has 0 unspecified atom stereocenters. The molecule has 114 valence electrons. The fraction of sp³-hybridized carbons (Fsp3) is 0.308. The van der Waals surface area contributed by atoms with Crippen molar-refractivity contribution < 1.29 is 8.42 Å². The van der Waals surface area contributed by atoms with Crippen molar-refractivity contribution in [2.75, 3.05) is 16.3 Å². The number of nitrogens with zero attached hydrogens (tertiary/aromatic N) is 1. The summed E-state index contributed by atoms with van der Waals surface area (Å²) < 4.78 is 24.7. The summed E-state index contributed by atoms with van der Waals surface area (Å²) in [4.78, 5) is 4.53. The molecule has 0 spiro atoms. The van der Waals surface area contributed by atoms with Gasteiger partial charge in [-0.1, -0.05) is 12.1 Å². The maximum absolute atomic E-state index is 11.1. The molecular weight excluding hydrogens is 330 g/mol. The molecule has 8 heteroatoms. The fourth-order valence-corrected chi connectivity index (χ4v) is 3.16. The first-order valence-corrected chi connectivity index (χ1v) is 9.07. The van der Waals surface area contributed by atoms with E-state index >= 15 is 0 Å². The van der Waals surface area contributed by atoms with Crippen molar-refractivity contribution in [1.29, 1.82) is 0 Å². The van der Waals surface area contributed by atoms with E-state index in [4.69, 9.17) is 0 Å². The minimum absolute atomic E-state index is 0. The van der Waals surface area contributed by atoms with E-state index in [-0.39, 0.29) is 12.4 Å². The van der Waals surface area contributed by atoms with Crippen LogP contribution in [0, 0.1) is 0 Å². The Labute approximate surface area is 134 Å². The van der Waals surface area contributed by atoms with Crippen LogP contribution < -0.4 is 10.0 Å². The van der Waals surface area contributed by atoms with E-state index in [1.165, 1.54) is 12.8 Å². The molecule has 21 heavy (non-hydrogen) atoms. The van der Waals surface area contributed by atoms with E-state index < -0.39 is 10.0 Å². The van der Waals surface area contributed by atoms with Gasteiger partial charge in [0, 0.05) is 22.7 Å². The van der Waals surface area contributed by atoms with Crippen LogP contribution in [0.4, 0.5) is 10.8 Å². The van der Waals surface area contributed by atoms with Crippen LogP contribution in [0.1, 0.15) is 12.8 Å². The van der Waals surface area contributed by atoms with E-state index in [2.05, 4.69) is 15.0 Å². The molecule has 0 amide bonds. The number of nitrogens with one attached hydrogen (secondary N) is 2. The summed E-state index contributed by atoms with van der Waals surface area (Å²) in [5.41, 5.74) is 2.44. The maximum Gasteiger partial charge on any atom is 0.229 e. The first kappa shape index (κ1) is 16.1. The highest BCUT2D eigenvalue weighted by molar-refractivity contribution is 7.92. The number of rotatable bonds is 5. The topological polar surface area (TPSA) is 71.1 Å². The SMILES string of the molecule is CS(=O)(=O)Nc1ccc(-c2csc(NC3CC3)n2)cc1.Cl. The molecule has 3 rings (SSSR count). The summed E-state index contributed by atoms with van der Waals surface area (Å²) in [6, 6.07) is 7.80. The van der Waals surface area contributed by atoms with Crippen LogP contribution >= 0.6 is 23.7 Å². The number of sulfonamides is 1. The van der Waals surface area contributed by atoms with Gasteiger partial charge >= 0.3 is 0 Å². The molecule has 0 aliphatic heterocycles. The van der Waals surface area contributed by atoms with Gasteiger partial charge in [-0.3, -0.25) is 4.72 Å². The third-order valence-corrected chi connectivity index (χ3v) is 4.27. The zero-order chi connectivity index (χ0) is 14.2. The van der Waals surface area contributed by atoms with Crippen LogP contribution in [0.25, 0.3) is 11.3 Å². The highest BCUT2D eigenvalue weighted by Gasteiger charge is 2.22. The molecule has 1 aliphatic rings. The van der Waals surface area contributed by atoms with Gasteiger partial charge in [0.1, 0.15) is 0 Å². The number of benzene rings is 1. The molecule has 1 aliphatic carbocycles. The number of aromatic nitrogens is 1. The quantitative estimate of drug-likeness (QED) is 0.873. The Morgan fingerprint density at radius 3 is 2.48 bits per heavy atom. The molecule has 1 saturated carbocycles. The minimum Gasteiger partial charge on any atom is -0.359 e. The lowest BCUT2D eigenvalue weighted by molar-refractivity contribution is 0.607. The average molecular weight is 346 g/mol. The molecule has 1 aromatic heterocycles. The van der Waals surface area contributed by atoms with Crippen molar-refractivity contribution in [2.24, 2.45) is 0 Å². The largest absolute Gasteiger partial charge is 0.359 e. The highest BCUT2D eigenvalue weighted by atomic mass is 35.5. The van der Waals surface area contributed by atoms with Crippen LogP contribution in [-0.4, -0.2) is 25.7 Å². The van der Waals surface area contributed by atoms with Crippen molar-refractivity contribution >= 4 is 44.6 Å². The van der Waals surface area contributed by atoms with E-state index in [0.717, 1.165) is 22.6 Å². The predicted molar refractivity (Wildman–Crippen MR) is 89.9 cm³/mol. The van der Waals surface area contributed by atoms with Gasteiger partial charge in [-0.05, 0) is 25.0 Å². The smallest absolute Gasteiger partial charge is 0.229 e. The zero-order valence-corrected chi connectivity index (χ0v) is 13.8.